The van der Waals surface area contributed by atoms with E-state index in [0.29, 0.717) is 0 Å². The normalized spacial score (nSPS) is 12.7. The zero-order valence-corrected chi connectivity index (χ0v) is 11.3. The minimum atomic E-state index is 0.00444. The van der Waals surface area contributed by atoms with E-state index >= 15 is 0 Å². The molecule has 3 N–H and O–H groups in total. The van der Waals surface area contributed by atoms with E-state index in [2.05, 4.69) is 17.3 Å². The molecule has 0 aliphatic carbocycles. The summed E-state index contributed by atoms with van der Waals surface area (Å²) in [6.45, 7) is 2.05. The number of hydrogen-bond acceptors (Lipinski definition) is 3. The monoisotopic (exact) mass is 264 g/mol. The quantitative estimate of drug-likeness (QED) is 0.657. The SMILES string of the molecule is Cc1ccc(Cl)cc1C(Cc1nccn1C)NN. The van der Waals surface area contributed by atoms with Gasteiger partial charge in [0, 0.05) is 30.9 Å². The lowest BCUT2D eigenvalue weighted by Crippen LogP contribution is -2.30. The number of nitrogens with zero attached hydrogens (tertiary/aromatic N) is 2. The molecule has 0 radical (unpaired) electrons. The molecule has 0 spiro atoms. The van der Waals surface area contributed by atoms with E-state index in [0.717, 1.165) is 28.4 Å². The Kier molecular flexibility index (Phi) is 4.01. The number of hydrogen-bond donors (Lipinski definition) is 2. The molecule has 1 aromatic heterocycles. The molecular formula is C13H17ClN4. The van der Waals surface area contributed by atoms with Gasteiger partial charge in [-0.05, 0) is 30.2 Å². The van der Waals surface area contributed by atoms with Crippen LogP contribution < -0.4 is 11.3 Å². The first-order chi connectivity index (χ1) is 8.61. The molecule has 1 aromatic carbocycles. The van der Waals surface area contributed by atoms with Crippen LogP contribution in [-0.4, -0.2) is 9.55 Å². The van der Waals surface area contributed by atoms with Crippen LogP contribution in [0.1, 0.15) is 23.0 Å². The second-order valence-corrected chi connectivity index (χ2v) is 4.82. The largest absolute Gasteiger partial charge is 0.338 e. The van der Waals surface area contributed by atoms with Crippen LogP contribution in [0.2, 0.25) is 5.02 Å². The van der Waals surface area contributed by atoms with Crippen LogP contribution in [0, 0.1) is 6.92 Å². The van der Waals surface area contributed by atoms with Gasteiger partial charge in [-0.25, -0.2) is 4.98 Å². The highest BCUT2D eigenvalue weighted by molar-refractivity contribution is 6.30. The topological polar surface area (TPSA) is 55.9 Å². The van der Waals surface area contributed by atoms with Crippen LogP contribution in [0.3, 0.4) is 0 Å². The van der Waals surface area contributed by atoms with Crippen molar-refractivity contribution in [3.05, 3.63) is 52.6 Å². The highest BCUT2D eigenvalue weighted by atomic mass is 35.5. The zero-order chi connectivity index (χ0) is 13.1. The molecule has 0 aliphatic heterocycles. The van der Waals surface area contributed by atoms with Crippen LogP contribution in [-0.2, 0) is 13.5 Å². The molecule has 0 saturated carbocycles. The second-order valence-electron chi connectivity index (χ2n) is 4.38. The van der Waals surface area contributed by atoms with Gasteiger partial charge in [0.15, 0.2) is 0 Å². The summed E-state index contributed by atoms with van der Waals surface area (Å²) >= 11 is 6.04. The molecule has 1 heterocycles. The predicted octanol–water partition coefficient (Wildman–Crippen LogP) is 2.13. The molecule has 5 heteroatoms. The Labute approximate surface area is 112 Å². The third-order valence-electron chi connectivity index (χ3n) is 3.13. The fraction of sp³-hybridized carbons (Fsp3) is 0.308. The van der Waals surface area contributed by atoms with Crippen molar-refractivity contribution in [3.63, 3.8) is 0 Å². The smallest absolute Gasteiger partial charge is 0.110 e. The highest BCUT2D eigenvalue weighted by Gasteiger charge is 2.15. The molecule has 0 bridgehead atoms. The Balaban J connectivity index is 2.28. The van der Waals surface area contributed by atoms with Crippen molar-refractivity contribution < 1.29 is 0 Å². The van der Waals surface area contributed by atoms with Crippen molar-refractivity contribution in [1.29, 1.82) is 0 Å². The van der Waals surface area contributed by atoms with Gasteiger partial charge in [0.25, 0.3) is 0 Å². The molecule has 0 amide bonds. The molecule has 0 aliphatic rings. The number of nitrogens with one attached hydrogen (secondary N) is 1. The average Bonchev–Trinajstić information content (AvgIpc) is 2.75. The molecule has 0 fully saturated rings. The van der Waals surface area contributed by atoms with Crippen LogP contribution in [0.15, 0.2) is 30.6 Å². The van der Waals surface area contributed by atoms with Gasteiger partial charge in [0.1, 0.15) is 5.82 Å². The minimum absolute atomic E-state index is 0.00444. The van der Waals surface area contributed by atoms with Gasteiger partial charge in [-0.3, -0.25) is 11.3 Å². The van der Waals surface area contributed by atoms with Gasteiger partial charge in [-0.2, -0.15) is 0 Å². The van der Waals surface area contributed by atoms with E-state index in [1.807, 2.05) is 36.0 Å². The van der Waals surface area contributed by atoms with Gasteiger partial charge in [-0.15, -0.1) is 0 Å². The fourth-order valence-electron chi connectivity index (χ4n) is 2.02. The molecule has 96 valence electrons. The summed E-state index contributed by atoms with van der Waals surface area (Å²) in [6, 6.07) is 5.84. The van der Waals surface area contributed by atoms with E-state index in [4.69, 9.17) is 17.4 Å². The third kappa shape index (κ3) is 2.72. The molecule has 4 nitrogen and oxygen atoms in total. The minimum Gasteiger partial charge on any atom is -0.338 e. The highest BCUT2D eigenvalue weighted by Crippen LogP contribution is 2.23. The number of aryl methyl sites for hydroxylation is 2. The lowest BCUT2D eigenvalue weighted by atomic mass is 9.99. The summed E-state index contributed by atoms with van der Waals surface area (Å²) in [4.78, 5) is 4.32. The molecule has 2 rings (SSSR count). The number of nitrogens with two attached hydrogens (primary N) is 1. The first-order valence-corrected chi connectivity index (χ1v) is 6.18. The summed E-state index contributed by atoms with van der Waals surface area (Å²) in [7, 11) is 1.97. The molecule has 2 aromatic rings. The third-order valence-corrected chi connectivity index (χ3v) is 3.36. The Morgan fingerprint density at radius 1 is 1.50 bits per heavy atom. The second kappa shape index (κ2) is 5.52. The van der Waals surface area contributed by atoms with Crippen molar-refractivity contribution in [3.8, 4) is 0 Å². The Morgan fingerprint density at radius 3 is 2.89 bits per heavy atom. The van der Waals surface area contributed by atoms with Crippen molar-refractivity contribution in [2.24, 2.45) is 12.9 Å². The first-order valence-electron chi connectivity index (χ1n) is 5.80. The Hall–Kier alpha value is -1.36. The summed E-state index contributed by atoms with van der Waals surface area (Å²) in [5.74, 6) is 6.64. The maximum absolute atomic E-state index is 6.04. The Bertz CT molecular complexity index is 536. The summed E-state index contributed by atoms with van der Waals surface area (Å²) in [6.07, 6.45) is 4.43. The summed E-state index contributed by atoms with van der Waals surface area (Å²) in [5.41, 5.74) is 5.11. The van der Waals surface area contributed by atoms with Crippen LogP contribution in [0.25, 0.3) is 0 Å². The van der Waals surface area contributed by atoms with E-state index in [-0.39, 0.29) is 6.04 Å². The van der Waals surface area contributed by atoms with Gasteiger partial charge < -0.3 is 4.57 Å². The molecule has 18 heavy (non-hydrogen) atoms. The van der Waals surface area contributed by atoms with Gasteiger partial charge in [0.05, 0.1) is 6.04 Å². The van der Waals surface area contributed by atoms with E-state index in [1.165, 1.54) is 0 Å². The number of rotatable bonds is 4. The summed E-state index contributed by atoms with van der Waals surface area (Å²) < 4.78 is 1.99. The predicted molar refractivity (Wildman–Crippen MR) is 73.2 cm³/mol. The zero-order valence-electron chi connectivity index (χ0n) is 10.5. The lowest BCUT2D eigenvalue weighted by Gasteiger charge is -2.18. The van der Waals surface area contributed by atoms with Crippen LogP contribution in [0.5, 0.6) is 0 Å². The Morgan fingerprint density at radius 2 is 2.28 bits per heavy atom. The van der Waals surface area contributed by atoms with Crippen molar-refractivity contribution in [2.45, 2.75) is 19.4 Å². The standard InChI is InChI=1S/C13H17ClN4/c1-9-3-4-10(14)7-11(9)12(17-15)8-13-16-5-6-18(13)2/h3-7,12,17H,8,15H2,1-2H3. The molecule has 1 unspecified atom stereocenters. The van der Waals surface area contributed by atoms with Gasteiger partial charge in [-0.1, -0.05) is 17.7 Å². The van der Waals surface area contributed by atoms with Crippen molar-refractivity contribution >= 4 is 11.6 Å². The maximum atomic E-state index is 6.04. The van der Waals surface area contributed by atoms with E-state index < -0.39 is 0 Å². The average molecular weight is 265 g/mol. The van der Waals surface area contributed by atoms with E-state index in [1.54, 1.807) is 6.20 Å². The van der Waals surface area contributed by atoms with Crippen LogP contribution in [0.4, 0.5) is 0 Å². The fourth-order valence-corrected chi connectivity index (χ4v) is 2.20. The first kappa shape index (κ1) is 13.1. The molecule has 0 saturated heterocycles. The van der Waals surface area contributed by atoms with Gasteiger partial charge >= 0.3 is 0 Å². The maximum Gasteiger partial charge on any atom is 0.110 e. The van der Waals surface area contributed by atoms with E-state index in [9.17, 15) is 0 Å². The van der Waals surface area contributed by atoms with Gasteiger partial charge in [0.2, 0.25) is 0 Å². The molecule has 1 atom stereocenters. The van der Waals surface area contributed by atoms with Crippen LogP contribution >= 0.6 is 11.6 Å². The number of hydrazine groups is 1. The van der Waals surface area contributed by atoms with Crippen molar-refractivity contribution in [2.75, 3.05) is 0 Å². The number of imidazole rings is 1. The molecular weight excluding hydrogens is 248 g/mol. The number of benzene rings is 1. The lowest BCUT2D eigenvalue weighted by molar-refractivity contribution is 0.528. The summed E-state index contributed by atoms with van der Waals surface area (Å²) in [5, 5.41) is 0.718. The van der Waals surface area contributed by atoms with Crippen molar-refractivity contribution in [1.82, 2.24) is 15.0 Å². The number of halogens is 1. The number of aromatic nitrogens is 2.